The van der Waals surface area contributed by atoms with Crippen LogP contribution >= 0.6 is 0 Å². The predicted octanol–water partition coefficient (Wildman–Crippen LogP) is 3.14. The molecule has 0 amide bonds. The number of benzene rings is 1. The third kappa shape index (κ3) is 3.40. The molecule has 0 radical (unpaired) electrons. The van der Waals surface area contributed by atoms with E-state index in [1.54, 1.807) is 12.3 Å². The highest BCUT2D eigenvalue weighted by Gasteiger charge is 2.11. The molecule has 1 aromatic carbocycles. The Morgan fingerprint density at radius 2 is 2.21 bits per heavy atom. The summed E-state index contributed by atoms with van der Waals surface area (Å²) in [5.74, 6) is 2.20. The highest BCUT2D eigenvalue weighted by atomic mass is 16.5. The van der Waals surface area contributed by atoms with Crippen molar-refractivity contribution < 1.29 is 9.15 Å². The van der Waals surface area contributed by atoms with E-state index in [0.29, 0.717) is 18.2 Å². The Morgan fingerprint density at radius 1 is 1.42 bits per heavy atom. The lowest BCUT2D eigenvalue weighted by Gasteiger charge is -2.14. The Kier molecular flexibility index (Phi) is 3.94. The molecule has 0 saturated heterocycles. The lowest BCUT2D eigenvalue weighted by molar-refractivity contribution is 0.340. The van der Waals surface area contributed by atoms with Gasteiger partial charge in [-0.2, -0.15) is 0 Å². The van der Waals surface area contributed by atoms with Crippen LogP contribution in [-0.2, 0) is 0 Å². The molecule has 5 heteroatoms. The van der Waals surface area contributed by atoms with Gasteiger partial charge >= 0.3 is 0 Å². The fourth-order valence-corrected chi connectivity index (χ4v) is 1.84. The zero-order valence-corrected chi connectivity index (χ0v) is 11.4. The number of ether oxygens (including phenoxy) is 1. The second-order valence-electron chi connectivity index (χ2n) is 4.40. The van der Waals surface area contributed by atoms with E-state index in [0.717, 1.165) is 17.2 Å². The van der Waals surface area contributed by atoms with Crippen molar-refractivity contribution in [2.45, 2.75) is 26.8 Å². The summed E-state index contributed by atoms with van der Waals surface area (Å²) in [5.41, 5.74) is 7.39. The molecule has 0 saturated carbocycles. The zero-order valence-electron chi connectivity index (χ0n) is 11.4. The molecule has 0 fully saturated rings. The van der Waals surface area contributed by atoms with Crippen molar-refractivity contribution in [1.82, 2.24) is 4.98 Å². The first-order valence-corrected chi connectivity index (χ1v) is 6.30. The maximum Gasteiger partial charge on any atom is 0.216 e. The van der Waals surface area contributed by atoms with Crippen molar-refractivity contribution in [2.75, 3.05) is 17.7 Å². The molecule has 1 aromatic heterocycles. The first-order valence-electron chi connectivity index (χ1n) is 6.30. The van der Waals surface area contributed by atoms with Gasteiger partial charge in [0.1, 0.15) is 17.6 Å². The number of nitrogens with zero attached hydrogens (tertiary/aromatic N) is 1. The van der Waals surface area contributed by atoms with Gasteiger partial charge in [0.15, 0.2) is 0 Å². The maximum absolute atomic E-state index is 5.85. The summed E-state index contributed by atoms with van der Waals surface area (Å²) in [7, 11) is 0. The maximum atomic E-state index is 5.85. The minimum absolute atomic E-state index is 0.0371. The molecule has 0 aliphatic carbocycles. The zero-order chi connectivity index (χ0) is 13.8. The average molecular weight is 261 g/mol. The SMILES string of the molecule is CCOc1cc(N)cc(NC(C)c2ncc(C)o2)c1. The van der Waals surface area contributed by atoms with Crippen molar-refractivity contribution in [1.29, 1.82) is 0 Å². The molecule has 0 bridgehead atoms. The molecule has 2 rings (SSSR count). The fourth-order valence-electron chi connectivity index (χ4n) is 1.84. The summed E-state index contributed by atoms with van der Waals surface area (Å²) in [4.78, 5) is 4.20. The number of aromatic nitrogens is 1. The van der Waals surface area contributed by atoms with Gasteiger partial charge in [0, 0.05) is 23.5 Å². The van der Waals surface area contributed by atoms with Crippen LogP contribution in [0.2, 0.25) is 0 Å². The second kappa shape index (κ2) is 5.65. The van der Waals surface area contributed by atoms with Crippen molar-refractivity contribution in [3.05, 3.63) is 36.0 Å². The largest absolute Gasteiger partial charge is 0.494 e. The van der Waals surface area contributed by atoms with Gasteiger partial charge in [0.2, 0.25) is 5.89 Å². The smallest absolute Gasteiger partial charge is 0.216 e. The number of oxazole rings is 1. The number of hydrogen-bond donors (Lipinski definition) is 2. The summed E-state index contributed by atoms with van der Waals surface area (Å²) in [6.45, 7) is 6.40. The lowest BCUT2D eigenvalue weighted by atomic mass is 10.2. The quantitative estimate of drug-likeness (QED) is 0.809. The van der Waals surface area contributed by atoms with Crippen LogP contribution in [0.1, 0.15) is 31.5 Å². The topological polar surface area (TPSA) is 73.3 Å². The standard InChI is InChI=1S/C14H19N3O2/c1-4-18-13-6-11(15)5-12(7-13)17-10(3)14-16-8-9(2)19-14/h5-8,10,17H,4,15H2,1-3H3. The van der Waals surface area contributed by atoms with Crippen LogP contribution in [0.15, 0.2) is 28.8 Å². The molecule has 0 aliphatic heterocycles. The van der Waals surface area contributed by atoms with Crippen molar-refractivity contribution in [3.8, 4) is 5.75 Å². The number of aryl methyl sites for hydroxylation is 1. The van der Waals surface area contributed by atoms with Crippen LogP contribution in [0.4, 0.5) is 11.4 Å². The number of nitrogens with two attached hydrogens (primary N) is 1. The molecule has 2 aromatic rings. The Balaban J connectivity index is 2.14. The summed E-state index contributed by atoms with van der Waals surface area (Å²) < 4.78 is 10.9. The molecule has 5 nitrogen and oxygen atoms in total. The Labute approximate surface area is 112 Å². The first-order chi connectivity index (χ1) is 9.08. The van der Waals surface area contributed by atoms with Crippen LogP contribution < -0.4 is 15.8 Å². The van der Waals surface area contributed by atoms with Crippen molar-refractivity contribution in [2.24, 2.45) is 0 Å². The summed E-state index contributed by atoms with van der Waals surface area (Å²) in [6, 6.07) is 5.53. The Bertz CT molecular complexity index is 551. The molecule has 1 heterocycles. The summed E-state index contributed by atoms with van der Waals surface area (Å²) >= 11 is 0. The van der Waals surface area contributed by atoms with Crippen molar-refractivity contribution in [3.63, 3.8) is 0 Å². The lowest BCUT2D eigenvalue weighted by Crippen LogP contribution is -2.07. The van der Waals surface area contributed by atoms with Gasteiger partial charge in [-0.25, -0.2) is 4.98 Å². The molecular formula is C14H19N3O2. The van der Waals surface area contributed by atoms with Crippen LogP contribution in [0.3, 0.4) is 0 Å². The van der Waals surface area contributed by atoms with E-state index >= 15 is 0 Å². The Morgan fingerprint density at radius 3 is 2.84 bits per heavy atom. The van der Waals surface area contributed by atoms with E-state index in [1.165, 1.54) is 0 Å². The van der Waals surface area contributed by atoms with E-state index < -0.39 is 0 Å². The minimum atomic E-state index is -0.0371. The third-order valence-electron chi connectivity index (χ3n) is 2.63. The van der Waals surface area contributed by atoms with Crippen LogP contribution in [0, 0.1) is 6.92 Å². The first kappa shape index (κ1) is 13.3. The predicted molar refractivity (Wildman–Crippen MR) is 75.3 cm³/mol. The summed E-state index contributed by atoms with van der Waals surface area (Å²) in [5, 5.41) is 3.29. The molecule has 102 valence electrons. The average Bonchev–Trinajstić information content (AvgIpc) is 2.75. The third-order valence-corrected chi connectivity index (χ3v) is 2.63. The van der Waals surface area contributed by atoms with Gasteiger partial charge in [-0.3, -0.25) is 0 Å². The van der Waals surface area contributed by atoms with Gasteiger partial charge in [-0.15, -0.1) is 0 Å². The Hall–Kier alpha value is -2.17. The van der Waals surface area contributed by atoms with Crippen LogP contribution in [0.5, 0.6) is 5.75 Å². The van der Waals surface area contributed by atoms with E-state index in [-0.39, 0.29) is 6.04 Å². The van der Waals surface area contributed by atoms with E-state index in [9.17, 15) is 0 Å². The molecule has 0 aliphatic rings. The molecule has 3 N–H and O–H groups in total. The van der Waals surface area contributed by atoms with Gasteiger partial charge in [-0.1, -0.05) is 0 Å². The van der Waals surface area contributed by atoms with Gasteiger partial charge < -0.3 is 20.2 Å². The number of anilines is 2. The highest BCUT2D eigenvalue weighted by molar-refractivity contribution is 5.59. The molecule has 1 unspecified atom stereocenters. The molecule has 19 heavy (non-hydrogen) atoms. The molecular weight excluding hydrogens is 242 g/mol. The van der Waals surface area contributed by atoms with Gasteiger partial charge in [0.25, 0.3) is 0 Å². The van der Waals surface area contributed by atoms with E-state index in [2.05, 4.69) is 10.3 Å². The normalized spacial score (nSPS) is 12.2. The van der Waals surface area contributed by atoms with E-state index in [4.69, 9.17) is 14.9 Å². The molecule has 0 spiro atoms. The highest BCUT2D eigenvalue weighted by Crippen LogP contribution is 2.26. The number of nitrogen functional groups attached to an aromatic ring is 1. The fraction of sp³-hybridized carbons (Fsp3) is 0.357. The van der Waals surface area contributed by atoms with E-state index in [1.807, 2.05) is 32.9 Å². The van der Waals surface area contributed by atoms with Crippen LogP contribution in [0.25, 0.3) is 0 Å². The van der Waals surface area contributed by atoms with Crippen LogP contribution in [-0.4, -0.2) is 11.6 Å². The molecule has 1 atom stereocenters. The second-order valence-corrected chi connectivity index (χ2v) is 4.40. The van der Waals surface area contributed by atoms with Gasteiger partial charge in [0.05, 0.1) is 12.8 Å². The number of nitrogens with one attached hydrogen (secondary N) is 1. The monoisotopic (exact) mass is 261 g/mol. The van der Waals surface area contributed by atoms with Gasteiger partial charge in [-0.05, 0) is 26.8 Å². The number of rotatable bonds is 5. The number of hydrogen-bond acceptors (Lipinski definition) is 5. The van der Waals surface area contributed by atoms with Crippen molar-refractivity contribution >= 4 is 11.4 Å². The summed E-state index contributed by atoms with van der Waals surface area (Å²) in [6.07, 6.45) is 1.71. The minimum Gasteiger partial charge on any atom is -0.494 e.